The molecular formula is C11H18N2. The summed E-state index contributed by atoms with van der Waals surface area (Å²) >= 11 is 0. The normalized spacial score (nSPS) is 10.1. The van der Waals surface area contributed by atoms with Gasteiger partial charge in [-0.3, -0.25) is 0 Å². The number of hydrogen-bond acceptors (Lipinski definition) is 2. The third-order valence-electron chi connectivity index (χ3n) is 2.16. The van der Waals surface area contributed by atoms with Gasteiger partial charge < -0.3 is 10.6 Å². The molecule has 0 saturated carbocycles. The fraction of sp³-hybridized carbons (Fsp3) is 0.455. The van der Waals surface area contributed by atoms with E-state index in [2.05, 4.69) is 42.7 Å². The van der Waals surface area contributed by atoms with Crippen LogP contribution >= 0.6 is 0 Å². The van der Waals surface area contributed by atoms with Gasteiger partial charge in [0.1, 0.15) is 0 Å². The molecule has 0 saturated heterocycles. The minimum Gasteiger partial charge on any atom is -0.383 e. The van der Waals surface area contributed by atoms with Crippen molar-refractivity contribution < 1.29 is 0 Å². The van der Waals surface area contributed by atoms with E-state index < -0.39 is 0 Å². The van der Waals surface area contributed by atoms with Gasteiger partial charge in [-0.05, 0) is 32.0 Å². The van der Waals surface area contributed by atoms with Gasteiger partial charge in [-0.1, -0.05) is 18.2 Å². The van der Waals surface area contributed by atoms with E-state index in [-0.39, 0.29) is 0 Å². The Labute approximate surface area is 80.4 Å². The molecule has 72 valence electrons. The number of para-hydroxylation sites is 1. The summed E-state index contributed by atoms with van der Waals surface area (Å²) in [6.07, 6.45) is 0. The molecule has 0 aliphatic carbocycles. The van der Waals surface area contributed by atoms with Crippen LogP contribution in [0.2, 0.25) is 0 Å². The monoisotopic (exact) mass is 178 g/mol. The van der Waals surface area contributed by atoms with Crippen LogP contribution in [0.1, 0.15) is 11.1 Å². The van der Waals surface area contributed by atoms with Crippen LogP contribution in [0.5, 0.6) is 0 Å². The van der Waals surface area contributed by atoms with Gasteiger partial charge in [-0.15, -0.1) is 0 Å². The van der Waals surface area contributed by atoms with Gasteiger partial charge in [-0.2, -0.15) is 0 Å². The number of rotatable bonds is 4. The quantitative estimate of drug-likeness (QED) is 0.688. The standard InChI is InChI=1S/C11H18N2/c1-9-5-4-6-10(2)11(9)13-8-7-12-3/h4-6,12-13H,7-8H2,1-3H3. The van der Waals surface area contributed by atoms with Gasteiger partial charge in [0.05, 0.1) is 0 Å². The number of nitrogens with one attached hydrogen (secondary N) is 2. The fourth-order valence-corrected chi connectivity index (χ4v) is 1.41. The van der Waals surface area contributed by atoms with E-state index in [0.717, 1.165) is 13.1 Å². The van der Waals surface area contributed by atoms with Gasteiger partial charge in [0.2, 0.25) is 0 Å². The second kappa shape index (κ2) is 4.87. The molecule has 0 aliphatic rings. The molecule has 0 radical (unpaired) electrons. The van der Waals surface area contributed by atoms with Crippen LogP contribution in [0.25, 0.3) is 0 Å². The number of anilines is 1. The molecule has 0 heterocycles. The SMILES string of the molecule is CNCCNc1c(C)cccc1C. The zero-order chi connectivity index (χ0) is 9.68. The Morgan fingerprint density at radius 1 is 1.08 bits per heavy atom. The Morgan fingerprint density at radius 2 is 1.69 bits per heavy atom. The Morgan fingerprint density at radius 3 is 2.23 bits per heavy atom. The minimum atomic E-state index is 0.974. The van der Waals surface area contributed by atoms with Crippen LogP contribution in [0.3, 0.4) is 0 Å². The average Bonchev–Trinajstić information content (AvgIpc) is 2.10. The first-order chi connectivity index (χ1) is 6.25. The molecule has 13 heavy (non-hydrogen) atoms. The van der Waals surface area contributed by atoms with Crippen molar-refractivity contribution in [2.75, 3.05) is 25.5 Å². The fourth-order valence-electron chi connectivity index (χ4n) is 1.41. The van der Waals surface area contributed by atoms with Crippen molar-refractivity contribution in [2.45, 2.75) is 13.8 Å². The Hall–Kier alpha value is -1.02. The summed E-state index contributed by atoms with van der Waals surface area (Å²) in [6.45, 7) is 6.24. The lowest BCUT2D eigenvalue weighted by atomic mass is 10.1. The Bertz CT molecular complexity index is 249. The zero-order valence-corrected chi connectivity index (χ0v) is 8.65. The minimum absolute atomic E-state index is 0.974. The first-order valence-corrected chi connectivity index (χ1v) is 4.70. The molecule has 0 aliphatic heterocycles. The predicted octanol–water partition coefficient (Wildman–Crippen LogP) is 1.93. The summed E-state index contributed by atoms with van der Waals surface area (Å²) in [4.78, 5) is 0. The summed E-state index contributed by atoms with van der Waals surface area (Å²) in [6, 6.07) is 6.36. The van der Waals surface area contributed by atoms with E-state index >= 15 is 0 Å². The number of likely N-dealkylation sites (N-methyl/N-ethyl adjacent to an activating group) is 1. The Kier molecular flexibility index (Phi) is 3.77. The maximum atomic E-state index is 3.42. The van der Waals surface area contributed by atoms with Crippen molar-refractivity contribution >= 4 is 5.69 Å². The highest BCUT2D eigenvalue weighted by Gasteiger charge is 1.99. The first-order valence-electron chi connectivity index (χ1n) is 4.70. The molecule has 0 atom stereocenters. The van der Waals surface area contributed by atoms with Gasteiger partial charge in [0.15, 0.2) is 0 Å². The lowest BCUT2D eigenvalue weighted by molar-refractivity contribution is 0.823. The molecule has 0 spiro atoms. The molecule has 1 rings (SSSR count). The zero-order valence-electron chi connectivity index (χ0n) is 8.65. The van der Waals surface area contributed by atoms with Gasteiger partial charge in [-0.25, -0.2) is 0 Å². The first kappa shape index (κ1) is 10.1. The van der Waals surface area contributed by atoms with E-state index in [1.807, 2.05) is 7.05 Å². The molecule has 0 fully saturated rings. The van der Waals surface area contributed by atoms with Crippen LogP contribution in [0, 0.1) is 13.8 Å². The number of benzene rings is 1. The highest BCUT2D eigenvalue weighted by molar-refractivity contribution is 5.56. The second-order valence-electron chi connectivity index (χ2n) is 3.30. The largest absolute Gasteiger partial charge is 0.383 e. The topological polar surface area (TPSA) is 24.1 Å². The van der Waals surface area contributed by atoms with Crippen molar-refractivity contribution in [3.8, 4) is 0 Å². The average molecular weight is 178 g/mol. The molecule has 2 N–H and O–H groups in total. The molecule has 2 nitrogen and oxygen atoms in total. The van der Waals surface area contributed by atoms with Crippen LogP contribution in [0.4, 0.5) is 5.69 Å². The maximum Gasteiger partial charge on any atom is 0.0400 e. The summed E-state index contributed by atoms with van der Waals surface area (Å²) in [5, 5.41) is 6.53. The predicted molar refractivity (Wildman–Crippen MR) is 58.3 cm³/mol. The van der Waals surface area contributed by atoms with E-state index in [1.165, 1.54) is 16.8 Å². The van der Waals surface area contributed by atoms with Crippen molar-refractivity contribution in [3.63, 3.8) is 0 Å². The molecule has 0 unspecified atom stereocenters. The molecule has 2 heteroatoms. The Balaban J connectivity index is 2.64. The summed E-state index contributed by atoms with van der Waals surface area (Å²) in [5.74, 6) is 0. The molecule has 0 amide bonds. The van der Waals surface area contributed by atoms with Crippen LogP contribution < -0.4 is 10.6 Å². The van der Waals surface area contributed by atoms with Crippen molar-refractivity contribution in [3.05, 3.63) is 29.3 Å². The highest BCUT2D eigenvalue weighted by atomic mass is 14.9. The van der Waals surface area contributed by atoms with E-state index in [0.29, 0.717) is 0 Å². The molecule has 1 aromatic rings. The van der Waals surface area contributed by atoms with Gasteiger partial charge in [0.25, 0.3) is 0 Å². The highest BCUT2D eigenvalue weighted by Crippen LogP contribution is 2.18. The van der Waals surface area contributed by atoms with Gasteiger partial charge in [0, 0.05) is 18.8 Å². The third kappa shape index (κ3) is 2.74. The summed E-state index contributed by atoms with van der Waals surface area (Å²) in [7, 11) is 1.96. The molecule has 0 bridgehead atoms. The lowest BCUT2D eigenvalue weighted by Gasteiger charge is -2.11. The number of hydrogen-bond donors (Lipinski definition) is 2. The summed E-state index contributed by atoms with van der Waals surface area (Å²) in [5.41, 5.74) is 3.91. The lowest BCUT2D eigenvalue weighted by Crippen LogP contribution is -2.18. The van der Waals surface area contributed by atoms with E-state index in [1.54, 1.807) is 0 Å². The number of aryl methyl sites for hydroxylation is 2. The van der Waals surface area contributed by atoms with Crippen LogP contribution in [-0.4, -0.2) is 20.1 Å². The smallest absolute Gasteiger partial charge is 0.0400 e. The van der Waals surface area contributed by atoms with Crippen molar-refractivity contribution in [1.29, 1.82) is 0 Å². The maximum absolute atomic E-state index is 3.42. The molecule has 0 aromatic heterocycles. The molecule has 1 aromatic carbocycles. The van der Waals surface area contributed by atoms with E-state index in [4.69, 9.17) is 0 Å². The van der Waals surface area contributed by atoms with Gasteiger partial charge >= 0.3 is 0 Å². The third-order valence-corrected chi connectivity index (χ3v) is 2.16. The van der Waals surface area contributed by atoms with Crippen LogP contribution in [-0.2, 0) is 0 Å². The van der Waals surface area contributed by atoms with Crippen molar-refractivity contribution in [2.24, 2.45) is 0 Å². The van der Waals surface area contributed by atoms with Crippen molar-refractivity contribution in [1.82, 2.24) is 5.32 Å². The van der Waals surface area contributed by atoms with E-state index in [9.17, 15) is 0 Å². The second-order valence-corrected chi connectivity index (χ2v) is 3.30. The van der Waals surface area contributed by atoms with Crippen LogP contribution in [0.15, 0.2) is 18.2 Å². The summed E-state index contributed by atoms with van der Waals surface area (Å²) < 4.78 is 0. The molecular weight excluding hydrogens is 160 g/mol.